The van der Waals surface area contributed by atoms with Gasteiger partial charge in [0.1, 0.15) is 5.82 Å². The van der Waals surface area contributed by atoms with Gasteiger partial charge < -0.3 is 15.7 Å². The summed E-state index contributed by atoms with van der Waals surface area (Å²) >= 11 is 0. The van der Waals surface area contributed by atoms with E-state index in [0.717, 1.165) is 17.1 Å². The lowest BCUT2D eigenvalue weighted by Crippen LogP contribution is -2.44. The van der Waals surface area contributed by atoms with Gasteiger partial charge in [-0.2, -0.15) is 0 Å². The summed E-state index contributed by atoms with van der Waals surface area (Å²) < 4.78 is 0. The Labute approximate surface area is 97.1 Å². The summed E-state index contributed by atoms with van der Waals surface area (Å²) in [7, 11) is 1.93. The van der Waals surface area contributed by atoms with Crippen molar-refractivity contribution in [1.82, 2.24) is 4.98 Å². The highest BCUT2D eigenvalue weighted by Gasteiger charge is 2.23. The molecule has 0 radical (unpaired) electrons. The second kappa shape index (κ2) is 4.80. The number of likely N-dealkylation sites (N-methyl/N-ethyl adjacent to an activating group) is 1. The topological polar surface area (TPSA) is 62.4 Å². The number of anilines is 1. The molecular formula is C12H21N3O. The van der Waals surface area contributed by atoms with Crippen molar-refractivity contribution in [2.24, 2.45) is 5.73 Å². The van der Waals surface area contributed by atoms with Crippen molar-refractivity contribution in [3.05, 3.63) is 23.4 Å². The molecule has 0 unspecified atom stereocenters. The van der Waals surface area contributed by atoms with Crippen LogP contribution in [0.25, 0.3) is 0 Å². The van der Waals surface area contributed by atoms with Crippen LogP contribution < -0.4 is 10.6 Å². The highest BCUT2D eigenvalue weighted by molar-refractivity contribution is 5.44. The second-order valence-electron chi connectivity index (χ2n) is 4.71. The van der Waals surface area contributed by atoms with Gasteiger partial charge in [-0.25, -0.2) is 4.98 Å². The molecule has 0 bridgehead atoms. The molecule has 0 aromatic carbocycles. The summed E-state index contributed by atoms with van der Waals surface area (Å²) in [6, 6.07) is 3.94. The van der Waals surface area contributed by atoms with E-state index in [2.05, 4.69) is 4.98 Å². The minimum absolute atomic E-state index is 0.0804. The van der Waals surface area contributed by atoms with Gasteiger partial charge in [0, 0.05) is 19.3 Å². The molecule has 0 saturated heterocycles. The van der Waals surface area contributed by atoms with Crippen LogP contribution in [0.4, 0.5) is 5.82 Å². The monoisotopic (exact) mass is 223 g/mol. The molecule has 0 atom stereocenters. The SMILES string of the molecule is Cc1cc(CN)cc(N(C)C(C)(C)CO)n1. The molecule has 0 fully saturated rings. The molecule has 1 rings (SSSR count). The predicted octanol–water partition coefficient (Wildman–Crippen LogP) is 1.06. The van der Waals surface area contributed by atoms with E-state index in [1.165, 1.54) is 0 Å². The van der Waals surface area contributed by atoms with Crippen LogP contribution >= 0.6 is 0 Å². The highest BCUT2D eigenvalue weighted by Crippen LogP contribution is 2.21. The van der Waals surface area contributed by atoms with E-state index in [4.69, 9.17) is 5.73 Å². The number of hydrogen-bond acceptors (Lipinski definition) is 4. The summed E-state index contributed by atoms with van der Waals surface area (Å²) in [5, 5.41) is 9.33. The molecule has 0 saturated carbocycles. The Kier molecular flexibility index (Phi) is 3.88. The normalized spacial score (nSPS) is 11.6. The Bertz CT molecular complexity index is 363. The van der Waals surface area contributed by atoms with E-state index in [0.29, 0.717) is 6.54 Å². The summed E-state index contributed by atoms with van der Waals surface area (Å²) in [6.07, 6.45) is 0. The van der Waals surface area contributed by atoms with Crippen molar-refractivity contribution in [2.75, 3.05) is 18.6 Å². The van der Waals surface area contributed by atoms with E-state index in [9.17, 15) is 5.11 Å². The van der Waals surface area contributed by atoms with Gasteiger partial charge in [-0.05, 0) is 38.5 Å². The molecule has 90 valence electrons. The minimum atomic E-state index is -0.327. The molecule has 0 aliphatic heterocycles. The van der Waals surface area contributed by atoms with Crippen molar-refractivity contribution in [2.45, 2.75) is 32.9 Å². The molecule has 16 heavy (non-hydrogen) atoms. The second-order valence-corrected chi connectivity index (χ2v) is 4.71. The van der Waals surface area contributed by atoms with Gasteiger partial charge in [-0.15, -0.1) is 0 Å². The van der Waals surface area contributed by atoms with Gasteiger partial charge in [0.15, 0.2) is 0 Å². The van der Waals surface area contributed by atoms with Crippen molar-refractivity contribution in [3.63, 3.8) is 0 Å². The highest BCUT2D eigenvalue weighted by atomic mass is 16.3. The van der Waals surface area contributed by atoms with Gasteiger partial charge in [0.2, 0.25) is 0 Å². The first kappa shape index (κ1) is 12.9. The van der Waals surface area contributed by atoms with Crippen LogP contribution in [-0.4, -0.2) is 29.3 Å². The Morgan fingerprint density at radius 2 is 2.06 bits per heavy atom. The van der Waals surface area contributed by atoms with Crippen molar-refractivity contribution in [3.8, 4) is 0 Å². The number of aliphatic hydroxyl groups is 1. The number of hydrogen-bond donors (Lipinski definition) is 2. The number of pyridine rings is 1. The van der Waals surface area contributed by atoms with Gasteiger partial charge in [0.05, 0.1) is 12.1 Å². The van der Waals surface area contributed by atoms with Crippen molar-refractivity contribution in [1.29, 1.82) is 0 Å². The molecule has 0 amide bonds. The largest absolute Gasteiger partial charge is 0.394 e. The van der Waals surface area contributed by atoms with Gasteiger partial charge >= 0.3 is 0 Å². The third-order valence-corrected chi connectivity index (χ3v) is 2.87. The molecule has 1 heterocycles. The number of aryl methyl sites for hydroxylation is 1. The van der Waals surface area contributed by atoms with Crippen LogP contribution in [0.2, 0.25) is 0 Å². The maximum atomic E-state index is 9.33. The Morgan fingerprint density at radius 3 is 2.56 bits per heavy atom. The number of aromatic nitrogens is 1. The molecule has 1 aromatic heterocycles. The van der Waals surface area contributed by atoms with Crippen LogP contribution in [0.1, 0.15) is 25.1 Å². The third-order valence-electron chi connectivity index (χ3n) is 2.87. The summed E-state index contributed by atoms with van der Waals surface area (Å²) in [4.78, 5) is 6.43. The van der Waals surface area contributed by atoms with E-state index in [1.807, 2.05) is 44.9 Å². The van der Waals surface area contributed by atoms with Crippen molar-refractivity contribution >= 4 is 5.82 Å². The van der Waals surface area contributed by atoms with Crippen LogP contribution in [-0.2, 0) is 6.54 Å². The average Bonchev–Trinajstić information content (AvgIpc) is 2.27. The number of rotatable bonds is 4. The van der Waals surface area contributed by atoms with Crippen LogP contribution in [0, 0.1) is 6.92 Å². The molecule has 4 nitrogen and oxygen atoms in total. The fourth-order valence-corrected chi connectivity index (χ4v) is 1.43. The molecular weight excluding hydrogens is 202 g/mol. The van der Waals surface area contributed by atoms with E-state index in [-0.39, 0.29) is 12.1 Å². The maximum Gasteiger partial charge on any atom is 0.129 e. The minimum Gasteiger partial charge on any atom is -0.394 e. The first-order valence-corrected chi connectivity index (χ1v) is 5.43. The zero-order valence-electron chi connectivity index (χ0n) is 10.5. The Hall–Kier alpha value is -1.13. The smallest absolute Gasteiger partial charge is 0.129 e. The van der Waals surface area contributed by atoms with Gasteiger partial charge in [-0.3, -0.25) is 0 Å². The Balaban J connectivity index is 3.08. The summed E-state index contributed by atoms with van der Waals surface area (Å²) in [5.41, 5.74) is 7.31. The van der Waals surface area contributed by atoms with Gasteiger partial charge in [0.25, 0.3) is 0 Å². The molecule has 4 heteroatoms. The standard InChI is InChI=1S/C12H21N3O/c1-9-5-10(7-13)6-11(14-9)15(4)12(2,3)8-16/h5-6,16H,7-8,13H2,1-4H3. The summed E-state index contributed by atoms with van der Waals surface area (Å²) in [5.74, 6) is 0.847. The number of nitrogens with zero attached hydrogens (tertiary/aromatic N) is 2. The van der Waals surface area contributed by atoms with E-state index in [1.54, 1.807) is 0 Å². The average molecular weight is 223 g/mol. The quantitative estimate of drug-likeness (QED) is 0.801. The molecule has 0 aliphatic rings. The Morgan fingerprint density at radius 1 is 1.44 bits per heavy atom. The lowest BCUT2D eigenvalue weighted by Gasteiger charge is -2.35. The third kappa shape index (κ3) is 2.71. The van der Waals surface area contributed by atoms with Crippen LogP contribution in [0.15, 0.2) is 12.1 Å². The van der Waals surface area contributed by atoms with Crippen LogP contribution in [0.3, 0.4) is 0 Å². The number of nitrogens with two attached hydrogens (primary N) is 1. The van der Waals surface area contributed by atoms with E-state index >= 15 is 0 Å². The lowest BCUT2D eigenvalue weighted by atomic mass is 10.0. The molecule has 1 aromatic rings. The van der Waals surface area contributed by atoms with E-state index < -0.39 is 0 Å². The van der Waals surface area contributed by atoms with Gasteiger partial charge in [-0.1, -0.05) is 0 Å². The fourth-order valence-electron chi connectivity index (χ4n) is 1.43. The first-order valence-electron chi connectivity index (χ1n) is 5.43. The number of aliphatic hydroxyl groups excluding tert-OH is 1. The molecule has 0 spiro atoms. The lowest BCUT2D eigenvalue weighted by molar-refractivity contribution is 0.215. The maximum absolute atomic E-state index is 9.33. The van der Waals surface area contributed by atoms with Crippen molar-refractivity contribution < 1.29 is 5.11 Å². The zero-order valence-corrected chi connectivity index (χ0v) is 10.5. The first-order chi connectivity index (χ1) is 7.40. The zero-order chi connectivity index (χ0) is 12.3. The van der Waals surface area contributed by atoms with Crippen LogP contribution in [0.5, 0.6) is 0 Å². The summed E-state index contributed by atoms with van der Waals surface area (Å²) in [6.45, 7) is 6.47. The molecule has 0 aliphatic carbocycles. The predicted molar refractivity (Wildman–Crippen MR) is 66.4 cm³/mol. The molecule has 3 N–H and O–H groups in total. The fraction of sp³-hybridized carbons (Fsp3) is 0.583.